The Bertz CT molecular complexity index is 1060. The maximum absolute atomic E-state index is 12.1. The van der Waals surface area contributed by atoms with Gasteiger partial charge in [0.25, 0.3) is 5.91 Å². The Labute approximate surface area is 169 Å². The van der Waals surface area contributed by atoms with Crippen molar-refractivity contribution in [3.05, 3.63) is 48.0 Å². The molecule has 0 aliphatic carbocycles. The summed E-state index contributed by atoms with van der Waals surface area (Å²) in [6.07, 6.45) is 2.23. The van der Waals surface area contributed by atoms with Crippen molar-refractivity contribution in [3.8, 4) is 5.75 Å². The van der Waals surface area contributed by atoms with Crippen LogP contribution < -0.4 is 10.1 Å². The normalized spacial score (nSPS) is 19.2. The fourth-order valence-corrected chi connectivity index (χ4v) is 4.80. The van der Waals surface area contributed by atoms with Gasteiger partial charge in [-0.1, -0.05) is 18.2 Å². The van der Waals surface area contributed by atoms with E-state index in [4.69, 9.17) is 9.47 Å². The number of ether oxygens (including phenoxy) is 2. The van der Waals surface area contributed by atoms with Gasteiger partial charge in [-0.2, -0.15) is 0 Å². The number of hydrogen-bond acceptors (Lipinski definition) is 6. The van der Waals surface area contributed by atoms with E-state index in [1.807, 2.05) is 36.4 Å². The molecule has 0 unspecified atom stereocenters. The Balaban J connectivity index is 1.56. The van der Waals surface area contributed by atoms with Crippen molar-refractivity contribution in [2.45, 2.75) is 25.5 Å². The van der Waals surface area contributed by atoms with Crippen molar-refractivity contribution < 1.29 is 27.5 Å². The van der Waals surface area contributed by atoms with Gasteiger partial charge in [0.2, 0.25) is 0 Å². The second kappa shape index (κ2) is 8.65. The van der Waals surface area contributed by atoms with E-state index in [0.29, 0.717) is 6.42 Å². The maximum atomic E-state index is 12.1. The van der Waals surface area contributed by atoms with Crippen LogP contribution in [0, 0.1) is 0 Å². The van der Waals surface area contributed by atoms with Gasteiger partial charge in [0, 0.05) is 12.1 Å². The lowest BCUT2D eigenvalue weighted by Crippen LogP contribution is -2.42. The van der Waals surface area contributed by atoms with E-state index in [0.717, 1.165) is 22.1 Å². The summed E-state index contributed by atoms with van der Waals surface area (Å²) in [6, 6.07) is 11.0. The molecule has 3 rings (SSSR count). The molecule has 1 amide bonds. The lowest BCUT2D eigenvalue weighted by Gasteiger charge is -2.15. The summed E-state index contributed by atoms with van der Waals surface area (Å²) in [4.78, 5) is 24.1. The Morgan fingerprint density at radius 2 is 1.90 bits per heavy atom. The van der Waals surface area contributed by atoms with Crippen LogP contribution in [0.25, 0.3) is 16.8 Å². The number of amides is 1. The molecule has 0 bridgehead atoms. The number of fused-ring (bicyclic) bond motifs is 1. The first kappa shape index (κ1) is 20.9. The average molecular weight is 417 g/mol. The topological polar surface area (TPSA) is 98.8 Å². The van der Waals surface area contributed by atoms with E-state index in [1.54, 1.807) is 13.2 Å². The minimum absolute atomic E-state index is 0.0629. The van der Waals surface area contributed by atoms with Crippen LogP contribution in [-0.2, 0) is 24.2 Å². The van der Waals surface area contributed by atoms with E-state index in [1.165, 1.54) is 13.0 Å². The predicted octanol–water partition coefficient (Wildman–Crippen LogP) is 2.10. The van der Waals surface area contributed by atoms with Gasteiger partial charge in [-0.15, -0.1) is 0 Å². The third-order valence-electron chi connectivity index (χ3n) is 4.72. The SMILES string of the molecule is COc1ccc2cc(/C=C/C(=O)O[C@H](C)C(=O)N[C@H]3CCS(=O)(=O)C3)ccc2c1. The molecule has 1 heterocycles. The Morgan fingerprint density at radius 3 is 2.59 bits per heavy atom. The zero-order valence-electron chi connectivity index (χ0n) is 16.3. The molecule has 29 heavy (non-hydrogen) atoms. The van der Waals surface area contributed by atoms with E-state index >= 15 is 0 Å². The molecule has 1 N–H and O–H groups in total. The molecular formula is C21H23NO6S. The molecule has 2 atom stereocenters. The molecule has 154 valence electrons. The van der Waals surface area contributed by atoms with Crippen LogP contribution in [0.5, 0.6) is 5.75 Å². The Hall–Kier alpha value is -2.87. The van der Waals surface area contributed by atoms with Crippen LogP contribution >= 0.6 is 0 Å². The fourth-order valence-electron chi connectivity index (χ4n) is 3.13. The van der Waals surface area contributed by atoms with Gasteiger partial charge in [0.05, 0.1) is 18.6 Å². The molecule has 0 aromatic heterocycles. The highest BCUT2D eigenvalue weighted by atomic mass is 32.2. The van der Waals surface area contributed by atoms with Crippen LogP contribution in [0.3, 0.4) is 0 Å². The Morgan fingerprint density at radius 1 is 1.17 bits per heavy atom. The number of sulfone groups is 1. The number of carbonyl (C=O) groups excluding carboxylic acids is 2. The minimum Gasteiger partial charge on any atom is -0.497 e. The molecule has 0 saturated carbocycles. The number of hydrogen-bond donors (Lipinski definition) is 1. The molecule has 1 aliphatic heterocycles. The first-order chi connectivity index (χ1) is 13.8. The number of methoxy groups -OCH3 is 1. The van der Waals surface area contributed by atoms with Crippen LogP contribution in [0.1, 0.15) is 18.9 Å². The third-order valence-corrected chi connectivity index (χ3v) is 6.49. The number of nitrogens with one attached hydrogen (secondary N) is 1. The van der Waals surface area contributed by atoms with E-state index < -0.39 is 33.9 Å². The smallest absolute Gasteiger partial charge is 0.331 e. The summed E-state index contributed by atoms with van der Waals surface area (Å²) in [5.41, 5.74) is 0.813. The molecule has 1 saturated heterocycles. The highest BCUT2D eigenvalue weighted by molar-refractivity contribution is 7.91. The van der Waals surface area contributed by atoms with Gasteiger partial charge in [0.1, 0.15) is 5.75 Å². The molecule has 1 fully saturated rings. The highest BCUT2D eigenvalue weighted by Gasteiger charge is 2.30. The zero-order chi connectivity index (χ0) is 21.0. The molecule has 2 aromatic rings. The van der Waals surface area contributed by atoms with Gasteiger partial charge < -0.3 is 14.8 Å². The van der Waals surface area contributed by atoms with Crippen LogP contribution in [0.2, 0.25) is 0 Å². The summed E-state index contributed by atoms with van der Waals surface area (Å²) >= 11 is 0. The van der Waals surface area contributed by atoms with Gasteiger partial charge >= 0.3 is 5.97 Å². The average Bonchev–Trinajstić information content (AvgIpc) is 3.03. The number of esters is 1. The van der Waals surface area contributed by atoms with Crippen molar-refractivity contribution in [1.29, 1.82) is 0 Å². The van der Waals surface area contributed by atoms with Crippen molar-refractivity contribution in [3.63, 3.8) is 0 Å². The molecule has 2 aromatic carbocycles. The van der Waals surface area contributed by atoms with E-state index in [2.05, 4.69) is 5.32 Å². The van der Waals surface area contributed by atoms with Gasteiger partial charge in [0.15, 0.2) is 15.9 Å². The fraction of sp³-hybridized carbons (Fsp3) is 0.333. The first-order valence-corrected chi connectivity index (χ1v) is 11.1. The van der Waals surface area contributed by atoms with Gasteiger partial charge in [-0.3, -0.25) is 4.79 Å². The second-order valence-electron chi connectivity index (χ2n) is 6.99. The predicted molar refractivity (Wildman–Crippen MR) is 110 cm³/mol. The molecule has 1 aliphatic rings. The van der Waals surface area contributed by atoms with Crippen LogP contribution in [-0.4, -0.2) is 51.1 Å². The summed E-state index contributed by atoms with van der Waals surface area (Å²) in [6.45, 7) is 1.45. The maximum Gasteiger partial charge on any atom is 0.331 e. The lowest BCUT2D eigenvalue weighted by molar-refractivity contribution is -0.150. The zero-order valence-corrected chi connectivity index (χ0v) is 17.1. The highest BCUT2D eigenvalue weighted by Crippen LogP contribution is 2.22. The van der Waals surface area contributed by atoms with Crippen molar-refractivity contribution in [2.24, 2.45) is 0 Å². The van der Waals surface area contributed by atoms with E-state index in [9.17, 15) is 18.0 Å². The molecule has 0 radical (unpaired) electrons. The van der Waals surface area contributed by atoms with Crippen LogP contribution in [0.4, 0.5) is 0 Å². The monoisotopic (exact) mass is 417 g/mol. The standard InChI is InChI=1S/C21H23NO6S/c1-14(21(24)22-18-9-10-29(25,26)13-18)28-20(23)8-4-15-3-5-17-12-19(27-2)7-6-16(17)11-15/h3-8,11-12,14,18H,9-10,13H2,1-2H3,(H,22,24)/b8-4+/t14-,18+/m1/s1. The first-order valence-electron chi connectivity index (χ1n) is 9.23. The number of benzene rings is 2. The quantitative estimate of drug-likeness (QED) is 0.571. The Kier molecular flexibility index (Phi) is 6.22. The second-order valence-corrected chi connectivity index (χ2v) is 9.22. The minimum atomic E-state index is -3.09. The summed E-state index contributed by atoms with van der Waals surface area (Å²) in [5.74, 6) is -0.401. The van der Waals surface area contributed by atoms with Crippen molar-refractivity contribution in [2.75, 3.05) is 18.6 Å². The summed E-state index contributed by atoms with van der Waals surface area (Å²) in [5, 5.41) is 4.63. The van der Waals surface area contributed by atoms with Gasteiger partial charge in [-0.05, 0) is 54.0 Å². The van der Waals surface area contributed by atoms with Crippen molar-refractivity contribution in [1.82, 2.24) is 5.32 Å². The van der Waals surface area contributed by atoms with Crippen LogP contribution in [0.15, 0.2) is 42.5 Å². The van der Waals surface area contributed by atoms with E-state index in [-0.39, 0.29) is 11.5 Å². The molecule has 0 spiro atoms. The third kappa shape index (κ3) is 5.57. The lowest BCUT2D eigenvalue weighted by atomic mass is 10.1. The molecule has 7 nitrogen and oxygen atoms in total. The van der Waals surface area contributed by atoms with Gasteiger partial charge in [-0.25, -0.2) is 13.2 Å². The summed E-state index contributed by atoms with van der Waals surface area (Å²) in [7, 11) is -1.48. The molecular weight excluding hydrogens is 394 g/mol. The largest absolute Gasteiger partial charge is 0.497 e. The van der Waals surface area contributed by atoms with Crippen molar-refractivity contribution >= 4 is 38.6 Å². The number of rotatable bonds is 6. The molecule has 8 heteroatoms. The summed E-state index contributed by atoms with van der Waals surface area (Å²) < 4.78 is 33.2. The number of carbonyl (C=O) groups is 2.